The second-order valence-corrected chi connectivity index (χ2v) is 7.15. The number of aromatic nitrogens is 3. The summed E-state index contributed by atoms with van der Waals surface area (Å²) < 4.78 is 10.9. The van der Waals surface area contributed by atoms with E-state index in [4.69, 9.17) is 14.5 Å². The number of nitrogens with zero attached hydrogens (tertiary/aromatic N) is 5. The monoisotopic (exact) mass is 378 g/mol. The van der Waals surface area contributed by atoms with Gasteiger partial charge in [0.2, 0.25) is 17.8 Å². The molecule has 0 amide bonds. The zero-order chi connectivity index (χ0) is 18.7. The van der Waals surface area contributed by atoms with Gasteiger partial charge in [-0.1, -0.05) is 39.0 Å². The molecule has 8 nitrogen and oxygen atoms in total. The van der Waals surface area contributed by atoms with Crippen molar-refractivity contribution in [3.05, 3.63) is 0 Å². The van der Waals surface area contributed by atoms with Crippen molar-refractivity contribution < 1.29 is 9.47 Å². The van der Waals surface area contributed by atoms with Gasteiger partial charge in [-0.15, -0.1) is 0 Å². The molecule has 2 fully saturated rings. The van der Waals surface area contributed by atoms with Crippen molar-refractivity contribution in [3.8, 4) is 0 Å². The Bertz CT molecular complexity index is 511. The van der Waals surface area contributed by atoms with Crippen LogP contribution in [-0.4, -0.2) is 74.1 Å². The number of hydrogen-bond acceptors (Lipinski definition) is 8. The van der Waals surface area contributed by atoms with Crippen molar-refractivity contribution in [2.75, 3.05) is 74.3 Å². The Morgan fingerprint density at radius 1 is 0.741 bits per heavy atom. The zero-order valence-corrected chi connectivity index (χ0v) is 16.7. The minimum atomic E-state index is 0.682. The van der Waals surface area contributed by atoms with Crippen molar-refractivity contribution in [1.29, 1.82) is 0 Å². The smallest absolute Gasteiger partial charge is 0.232 e. The lowest BCUT2D eigenvalue weighted by molar-refractivity contribution is 0.121. The maximum Gasteiger partial charge on any atom is 0.232 e. The van der Waals surface area contributed by atoms with Crippen LogP contribution in [0.4, 0.5) is 17.8 Å². The van der Waals surface area contributed by atoms with Crippen molar-refractivity contribution in [2.24, 2.45) is 0 Å². The molecule has 0 saturated carbocycles. The van der Waals surface area contributed by atoms with Crippen molar-refractivity contribution >= 4 is 17.8 Å². The maximum absolute atomic E-state index is 5.46. The van der Waals surface area contributed by atoms with Crippen molar-refractivity contribution in [3.63, 3.8) is 0 Å². The lowest BCUT2D eigenvalue weighted by Crippen LogP contribution is -2.40. The summed E-state index contributed by atoms with van der Waals surface area (Å²) >= 11 is 0. The van der Waals surface area contributed by atoms with Gasteiger partial charge in [0.1, 0.15) is 0 Å². The molecule has 0 spiro atoms. The van der Waals surface area contributed by atoms with Crippen LogP contribution in [0, 0.1) is 0 Å². The average molecular weight is 379 g/mol. The molecule has 0 atom stereocenters. The van der Waals surface area contributed by atoms with Gasteiger partial charge in [0.25, 0.3) is 0 Å². The Morgan fingerprint density at radius 3 is 1.81 bits per heavy atom. The summed E-state index contributed by atoms with van der Waals surface area (Å²) in [6, 6.07) is 0. The standard InChI is InChI=1S/C19H34N6O2/c1-2-3-4-5-6-7-8-20-17-21-18(24-9-13-26-14-10-24)23-19(22-17)25-11-15-27-16-12-25/h2-16H2,1H3,(H,20,21,22,23). The first-order chi connectivity index (χ1) is 13.4. The Hall–Kier alpha value is -1.67. The molecule has 3 rings (SSSR count). The van der Waals surface area contributed by atoms with E-state index in [1.807, 2.05) is 0 Å². The SMILES string of the molecule is CCCCCCCCNc1nc(N2CCOCC2)nc(N2CCOCC2)n1. The number of rotatable bonds is 10. The quantitative estimate of drug-likeness (QED) is 0.622. The van der Waals surface area contributed by atoms with E-state index in [0.717, 1.165) is 77.5 Å². The molecule has 0 bridgehead atoms. The van der Waals surface area contributed by atoms with Gasteiger partial charge in [0.15, 0.2) is 0 Å². The van der Waals surface area contributed by atoms with Crippen LogP contribution in [0.5, 0.6) is 0 Å². The third-order valence-electron chi connectivity index (χ3n) is 5.01. The first-order valence-corrected chi connectivity index (χ1v) is 10.5. The van der Waals surface area contributed by atoms with Gasteiger partial charge in [-0.2, -0.15) is 15.0 Å². The largest absolute Gasteiger partial charge is 0.378 e. The lowest BCUT2D eigenvalue weighted by atomic mass is 10.1. The van der Waals surface area contributed by atoms with Crippen LogP contribution >= 0.6 is 0 Å². The molecule has 0 radical (unpaired) electrons. The number of hydrogen-bond donors (Lipinski definition) is 1. The molecule has 0 aromatic carbocycles. The highest BCUT2D eigenvalue weighted by molar-refractivity contribution is 5.45. The molecule has 0 unspecified atom stereocenters. The highest BCUT2D eigenvalue weighted by Crippen LogP contribution is 2.19. The number of morpholine rings is 2. The van der Waals surface area contributed by atoms with E-state index < -0.39 is 0 Å². The molecule has 27 heavy (non-hydrogen) atoms. The van der Waals surface area contributed by atoms with E-state index >= 15 is 0 Å². The van der Waals surface area contributed by atoms with E-state index in [2.05, 4.69) is 32.0 Å². The molecular weight excluding hydrogens is 344 g/mol. The molecule has 8 heteroatoms. The van der Waals surface area contributed by atoms with Gasteiger partial charge in [-0.3, -0.25) is 0 Å². The first-order valence-electron chi connectivity index (χ1n) is 10.5. The predicted octanol–water partition coefficient (Wildman–Crippen LogP) is 2.32. The molecule has 3 heterocycles. The summed E-state index contributed by atoms with van der Waals surface area (Å²) in [6.45, 7) is 9.33. The Balaban J connectivity index is 1.60. The molecule has 1 aromatic rings. The minimum Gasteiger partial charge on any atom is -0.378 e. The molecule has 1 N–H and O–H groups in total. The summed E-state index contributed by atoms with van der Waals surface area (Å²) in [5.41, 5.74) is 0. The van der Waals surface area contributed by atoms with E-state index in [-0.39, 0.29) is 0 Å². The third-order valence-corrected chi connectivity index (χ3v) is 5.01. The molecule has 1 aromatic heterocycles. The molecule has 2 aliphatic rings. The summed E-state index contributed by atoms with van der Waals surface area (Å²) in [6.07, 6.45) is 7.68. The molecule has 152 valence electrons. The normalized spacial score (nSPS) is 18.0. The van der Waals surface area contributed by atoms with E-state index in [9.17, 15) is 0 Å². The Morgan fingerprint density at radius 2 is 1.26 bits per heavy atom. The first kappa shape index (κ1) is 20.1. The fourth-order valence-electron chi connectivity index (χ4n) is 3.35. The van der Waals surface area contributed by atoms with Crippen LogP contribution < -0.4 is 15.1 Å². The number of ether oxygens (including phenoxy) is 2. The maximum atomic E-state index is 5.46. The van der Waals surface area contributed by atoms with Gasteiger partial charge in [0.05, 0.1) is 26.4 Å². The van der Waals surface area contributed by atoms with Gasteiger partial charge in [-0.25, -0.2) is 0 Å². The Labute approximate surface area is 162 Å². The number of anilines is 3. The summed E-state index contributed by atoms with van der Waals surface area (Å²) in [7, 11) is 0. The van der Waals surface area contributed by atoms with Crippen LogP contribution in [0.3, 0.4) is 0 Å². The van der Waals surface area contributed by atoms with Crippen LogP contribution in [0.2, 0.25) is 0 Å². The highest BCUT2D eigenvalue weighted by Gasteiger charge is 2.20. The second-order valence-electron chi connectivity index (χ2n) is 7.15. The third kappa shape index (κ3) is 6.46. The van der Waals surface area contributed by atoms with Crippen molar-refractivity contribution in [1.82, 2.24) is 15.0 Å². The fraction of sp³-hybridized carbons (Fsp3) is 0.842. The van der Waals surface area contributed by atoms with E-state index in [0.29, 0.717) is 5.95 Å². The average Bonchev–Trinajstić information content (AvgIpc) is 2.74. The van der Waals surface area contributed by atoms with Crippen molar-refractivity contribution in [2.45, 2.75) is 45.4 Å². The van der Waals surface area contributed by atoms with Crippen LogP contribution in [-0.2, 0) is 9.47 Å². The molecular formula is C19H34N6O2. The van der Waals surface area contributed by atoms with E-state index in [1.54, 1.807) is 0 Å². The lowest BCUT2D eigenvalue weighted by Gasteiger charge is -2.30. The minimum absolute atomic E-state index is 0.682. The Kier molecular flexibility index (Phi) is 8.35. The predicted molar refractivity (Wildman–Crippen MR) is 108 cm³/mol. The summed E-state index contributed by atoms with van der Waals surface area (Å²) in [5, 5.41) is 3.42. The second kappa shape index (κ2) is 11.2. The fourth-order valence-corrected chi connectivity index (χ4v) is 3.35. The molecule has 2 saturated heterocycles. The molecule has 0 aliphatic carbocycles. The summed E-state index contributed by atoms with van der Waals surface area (Å²) in [5.74, 6) is 2.18. The van der Waals surface area contributed by atoms with Gasteiger partial charge in [0, 0.05) is 32.7 Å². The van der Waals surface area contributed by atoms with Gasteiger partial charge < -0.3 is 24.6 Å². The van der Waals surface area contributed by atoms with Gasteiger partial charge in [-0.05, 0) is 6.42 Å². The summed E-state index contributed by atoms with van der Waals surface area (Å²) in [4.78, 5) is 18.5. The van der Waals surface area contributed by atoms with Gasteiger partial charge >= 0.3 is 0 Å². The number of unbranched alkanes of at least 4 members (excludes halogenated alkanes) is 5. The molecule has 2 aliphatic heterocycles. The zero-order valence-electron chi connectivity index (χ0n) is 16.7. The van der Waals surface area contributed by atoms with Crippen LogP contribution in [0.1, 0.15) is 45.4 Å². The van der Waals surface area contributed by atoms with Crippen LogP contribution in [0.25, 0.3) is 0 Å². The van der Waals surface area contributed by atoms with Crippen LogP contribution in [0.15, 0.2) is 0 Å². The topological polar surface area (TPSA) is 75.6 Å². The highest BCUT2D eigenvalue weighted by atomic mass is 16.5. The van der Waals surface area contributed by atoms with E-state index in [1.165, 1.54) is 32.1 Å². The number of nitrogens with one attached hydrogen (secondary N) is 1.